The molecule has 0 N–H and O–H groups in total. The van der Waals surface area contributed by atoms with E-state index in [2.05, 4.69) is 9.98 Å². The lowest BCUT2D eigenvalue weighted by Crippen LogP contribution is -2.05. The first-order valence-electron chi connectivity index (χ1n) is 6.83. The molecule has 0 atom stereocenters. The van der Waals surface area contributed by atoms with E-state index in [0.29, 0.717) is 18.2 Å². The normalized spacial score (nSPS) is 15.8. The van der Waals surface area contributed by atoms with Gasteiger partial charge in [0.1, 0.15) is 5.75 Å². The second kappa shape index (κ2) is 6.11. The van der Waals surface area contributed by atoms with Crippen molar-refractivity contribution in [2.45, 2.75) is 13.8 Å². The number of esters is 1. The molecule has 0 fully saturated rings. The maximum Gasteiger partial charge on any atom is 0.363 e. The summed E-state index contributed by atoms with van der Waals surface area (Å²) in [4.78, 5) is 20.4. The van der Waals surface area contributed by atoms with Gasteiger partial charge in [-0.3, -0.25) is 0 Å². The second-order valence-electron chi connectivity index (χ2n) is 4.58. The minimum absolute atomic E-state index is 0.259. The van der Waals surface area contributed by atoms with Crippen molar-refractivity contribution in [1.29, 1.82) is 0 Å². The van der Waals surface area contributed by atoms with Gasteiger partial charge in [0.2, 0.25) is 5.90 Å². The number of hydrogen-bond donors (Lipinski definition) is 0. The van der Waals surface area contributed by atoms with Crippen LogP contribution in [0.4, 0.5) is 0 Å². The van der Waals surface area contributed by atoms with Crippen molar-refractivity contribution in [2.75, 3.05) is 6.61 Å². The van der Waals surface area contributed by atoms with Crippen LogP contribution in [0.15, 0.2) is 40.3 Å². The van der Waals surface area contributed by atoms with Crippen LogP contribution < -0.4 is 4.74 Å². The minimum Gasteiger partial charge on any atom is -0.494 e. The zero-order valence-corrected chi connectivity index (χ0v) is 13.0. The Kier molecular flexibility index (Phi) is 4.02. The maximum absolute atomic E-state index is 11.9. The molecule has 2 heterocycles. The van der Waals surface area contributed by atoms with Gasteiger partial charge in [-0.05, 0) is 44.2 Å². The van der Waals surface area contributed by atoms with E-state index in [1.165, 1.54) is 11.3 Å². The highest BCUT2D eigenvalue weighted by Crippen LogP contribution is 2.21. The third kappa shape index (κ3) is 3.07. The fourth-order valence-corrected chi connectivity index (χ4v) is 2.55. The van der Waals surface area contributed by atoms with Gasteiger partial charge in [0, 0.05) is 10.9 Å². The summed E-state index contributed by atoms with van der Waals surface area (Å²) in [7, 11) is 0. The van der Waals surface area contributed by atoms with Crippen LogP contribution in [-0.2, 0) is 9.53 Å². The first kappa shape index (κ1) is 14.5. The predicted octanol–water partition coefficient (Wildman–Crippen LogP) is 3.19. The van der Waals surface area contributed by atoms with Gasteiger partial charge in [-0.2, -0.15) is 0 Å². The zero-order chi connectivity index (χ0) is 15.5. The third-order valence-electron chi connectivity index (χ3n) is 2.95. The summed E-state index contributed by atoms with van der Waals surface area (Å²) < 4.78 is 10.6. The summed E-state index contributed by atoms with van der Waals surface area (Å²) in [5, 5.41) is 2.81. The summed E-state index contributed by atoms with van der Waals surface area (Å²) >= 11 is 1.52. The fraction of sp³-hybridized carbons (Fsp3) is 0.188. The summed E-state index contributed by atoms with van der Waals surface area (Å²) in [5.74, 6) is 0.602. The quantitative estimate of drug-likeness (QED) is 0.642. The number of aromatic nitrogens is 1. The third-order valence-corrected chi connectivity index (χ3v) is 3.75. The Bertz CT molecular complexity index is 760. The number of carbonyl (C=O) groups excluding carboxylic acids is 1. The zero-order valence-electron chi connectivity index (χ0n) is 12.2. The smallest absolute Gasteiger partial charge is 0.363 e. The Hall–Kier alpha value is -2.47. The SMILES string of the molecule is CCOc1ccc(C2=N/C(=C/c3csc(C)n3)C(=O)O2)cc1. The number of carbonyl (C=O) groups is 1. The molecule has 112 valence electrons. The van der Waals surface area contributed by atoms with Crippen LogP contribution in [0.1, 0.15) is 23.2 Å². The topological polar surface area (TPSA) is 60.8 Å². The molecule has 0 amide bonds. The van der Waals surface area contributed by atoms with E-state index in [-0.39, 0.29) is 5.70 Å². The monoisotopic (exact) mass is 314 g/mol. The molecule has 1 aromatic carbocycles. The van der Waals surface area contributed by atoms with E-state index >= 15 is 0 Å². The van der Waals surface area contributed by atoms with E-state index in [0.717, 1.165) is 16.3 Å². The highest BCUT2D eigenvalue weighted by atomic mass is 32.1. The Morgan fingerprint density at radius 1 is 1.32 bits per heavy atom. The van der Waals surface area contributed by atoms with Crippen molar-refractivity contribution in [3.05, 3.63) is 51.6 Å². The van der Waals surface area contributed by atoms with Crippen LogP contribution in [0.5, 0.6) is 5.75 Å². The molecule has 1 aromatic heterocycles. The van der Waals surface area contributed by atoms with Gasteiger partial charge >= 0.3 is 5.97 Å². The number of aryl methyl sites for hydroxylation is 1. The predicted molar refractivity (Wildman–Crippen MR) is 85.1 cm³/mol. The van der Waals surface area contributed by atoms with Crippen molar-refractivity contribution < 1.29 is 14.3 Å². The molecule has 6 heteroatoms. The molecule has 3 rings (SSSR count). The first-order valence-corrected chi connectivity index (χ1v) is 7.71. The van der Waals surface area contributed by atoms with Crippen molar-refractivity contribution in [3.8, 4) is 5.75 Å². The van der Waals surface area contributed by atoms with Gasteiger partial charge in [-0.15, -0.1) is 11.3 Å². The summed E-state index contributed by atoms with van der Waals surface area (Å²) in [6.07, 6.45) is 1.63. The largest absolute Gasteiger partial charge is 0.494 e. The number of hydrogen-bond acceptors (Lipinski definition) is 6. The molecule has 0 saturated heterocycles. The Balaban J connectivity index is 1.84. The highest BCUT2D eigenvalue weighted by Gasteiger charge is 2.24. The van der Waals surface area contributed by atoms with Gasteiger partial charge in [0.25, 0.3) is 0 Å². The highest BCUT2D eigenvalue weighted by molar-refractivity contribution is 7.09. The standard InChI is InChI=1S/C16H14N2O3S/c1-3-20-13-6-4-11(5-7-13)15-18-14(16(19)21-15)8-12-9-22-10(2)17-12/h4-9H,3H2,1-2H3/b14-8+. The lowest BCUT2D eigenvalue weighted by molar-refractivity contribution is -0.129. The van der Waals surface area contributed by atoms with Crippen LogP contribution in [0.3, 0.4) is 0 Å². The molecule has 5 nitrogen and oxygen atoms in total. The van der Waals surface area contributed by atoms with Crippen molar-refractivity contribution in [2.24, 2.45) is 4.99 Å². The van der Waals surface area contributed by atoms with E-state index in [1.54, 1.807) is 6.08 Å². The van der Waals surface area contributed by atoms with Gasteiger partial charge < -0.3 is 9.47 Å². The molecule has 1 aliphatic heterocycles. The van der Waals surface area contributed by atoms with E-state index in [9.17, 15) is 4.79 Å². The number of aliphatic imine (C=N–C) groups is 1. The van der Waals surface area contributed by atoms with Crippen molar-refractivity contribution in [1.82, 2.24) is 4.98 Å². The van der Waals surface area contributed by atoms with E-state index < -0.39 is 5.97 Å². The van der Waals surface area contributed by atoms with Gasteiger partial charge in [-0.25, -0.2) is 14.8 Å². The molecule has 0 bridgehead atoms. The molecule has 1 aliphatic rings. The number of ether oxygens (including phenoxy) is 2. The second-order valence-corrected chi connectivity index (χ2v) is 5.65. The maximum atomic E-state index is 11.9. The van der Waals surface area contributed by atoms with Crippen LogP contribution in [0.25, 0.3) is 6.08 Å². The molecule has 22 heavy (non-hydrogen) atoms. The molecule has 0 spiro atoms. The van der Waals surface area contributed by atoms with Gasteiger partial charge in [0.15, 0.2) is 5.70 Å². The molecular weight excluding hydrogens is 300 g/mol. The number of benzene rings is 1. The van der Waals surface area contributed by atoms with E-state index in [1.807, 2.05) is 43.5 Å². The number of nitrogens with zero attached hydrogens (tertiary/aromatic N) is 2. The van der Waals surface area contributed by atoms with Crippen molar-refractivity contribution >= 4 is 29.3 Å². The van der Waals surface area contributed by atoms with Crippen LogP contribution in [-0.4, -0.2) is 23.5 Å². The van der Waals surface area contributed by atoms with Crippen LogP contribution >= 0.6 is 11.3 Å². The van der Waals surface area contributed by atoms with Crippen LogP contribution in [0.2, 0.25) is 0 Å². The van der Waals surface area contributed by atoms with Gasteiger partial charge in [-0.1, -0.05) is 0 Å². The first-order chi connectivity index (χ1) is 10.7. The number of cyclic esters (lactones) is 1. The molecular formula is C16H14N2O3S. The Labute approximate surface area is 131 Å². The molecule has 0 radical (unpaired) electrons. The Morgan fingerprint density at radius 2 is 2.09 bits per heavy atom. The minimum atomic E-state index is -0.463. The van der Waals surface area contributed by atoms with Crippen molar-refractivity contribution in [3.63, 3.8) is 0 Å². The molecule has 0 aliphatic carbocycles. The Morgan fingerprint density at radius 3 is 2.73 bits per heavy atom. The summed E-state index contributed by atoms with van der Waals surface area (Å²) in [5.41, 5.74) is 1.70. The number of thiazole rings is 1. The molecule has 2 aromatic rings. The summed E-state index contributed by atoms with van der Waals surface area (Å²) in [6.45, 7) is 4.44. The van der Waals surface area contributed by atoms with Gasteiger partial charge in [0.05, 0.1) is 17.3 Å². The molecule has 0 saturated carbocycles. The lowest BCUT2D eigenvalue weighted by atomic mass is 10.2. The number of rotatable bonds is 4. The van der Waals surface area contributed by atoms with E-state index in [4.69, 9.17) is 9.47 Å². The summed E-state index contributed by atoms with van der Waals surface area (Å²) in [6, 6.07) is 7.27. The average molecular weight is 314 g/mol. The lowest BCUT2D eigenvalue weighted by Gasteiger charge is -2.03. The fourth-order valence-electron chi connectivity index (χ4n) is 1.98. The average Bonchev–Trinajstić information content (AvgIpc) is 3.07. The molecule has 0 unspecified atom stereocenters. The van der Waals surface area contributed by atoms with Crippen LogP contribution in [0, 0.1) is 6.92 Å².